The maximum absolute atomic E-state index is 6.34. The first-order valence-electron chi connectivity index (χ1n) is 9.15. The van der Waals surface area contributed by atoms with Crippen LogP contribution in [0, 0.1) is 0 Å². The van der Waals surface area contributed by atoms with Gasteiger partial charge in [0.05, 0.1) is 30.9 Å². The molecule has 28 heavy (non-hydrogen) atoms. The van der Waals surface area contributed by atoms with Gasteiger partial charge in [-0.05, 0) is 35.7 Å². The van der Waals surface area contributed by atoms with Crippen molar-refractivity contribution in [3.8, 4) is 17.2 Å². The van der Waals surface area contributed by atoms with Crippen LogP contribution < -0.4 is 14.2 Å². The Kier molecular flexibility index (Phi) is 4.20. The van der Waals surface area contributed by atoms with Crippen molar-refractivity contribution >= 4 is 17.0 Å². The highest BCUT2D eigenvalue weighted by molar-refractivity contribution is 7.10. The predicted octanol–water partition coefficient (Wildman–Crippen LogP) is 5.01. The molecule has 0 unspecified atom stereocenters. The molecule has 3 heterocycles. The lowest BCUT2D eigenvalue weighted by Gasteiger charge is -2.37. The summed E-state index contributed by atoms with van der Waals surface area (Å²) in [5, 5.41) is 9.15. The van der Waals surface area contributed by atoms with Gasteiger partial charge in [0.1, 0.15) is 5.75 Å². The molecule has 5 nitrogen and oxygen atoms in total. The van der Waals surface area contributed by atoms with E-state index in [4.69, 9.17) is 19.3 Å². The van der Waals surface area contributed by atoms with Gasteiger partial charge in [-0.15, -0.1) is 11.3 Å². The zero-order valence-electron chi connectivity index (χ0n) is 15.7. The number of methoxy groups -OCH3 is 2. The molecule has 0 spiro atoms. The Morgan fingerprint density at radius 3 is 2.68 bits per heavy atom. The molecule has 2 aromatic carbocycles. The first-order valence-corrected chi connectivity index (χ1v) is 10.0. The Bertz CT molecular complexity index is 1030. The first-order chi connectivity index (χ1) is 13.8. The molecular formula is C22H20N2O3S. The van der Waals surface area contributed by atoms with Crippen molar-refractivity contribution in [1.82, 2.24) is 5.01 Å². The van der Waals surface area contributed by atoms with Gasteiger partial charge in [-0.1, -0.05) is 24.3 Å². The van der Waals surface area contributed by atoms with E-state index in [2.05, 4.69) is 28.6 Å². The molecule has 0 fully saturated rings. The Hall–Kier alpha value is -2.99. The summed E-state index contributed by atoms with van der Waals surface area (Å²) in [6.07, 6.45) is 0.607. The Morgan fingerprint density at radius 2 is 1.89 bits per heavy atom. The number of ether oxygens (including phenoxy) is 3. The van der Waals surface area contributed by atoms with Crippen molar-refractivity contribution in [3.05, 3.63) is 76.0 Å². The second kappa shape index (κ2) is 6.87. The van der Waals surface area contributed by atoms with E-state index in [0.717, 1.165) is 28.3 Å². The van der Waals surface area contributed by atoms with E-state index in [1.54, 1.807) is 25.6 Å². The molecule has 0 amide bonds. The number of benzene rings is 2. The lowest BCUT2D eigenvalue weighted by atomic mass is 9.96. The van der Waals surface area contributed by atoms with Crippen LogP contribution in [0.1, 0.15) is 34.7 Å². The van der Waals surface area contributed by atoms with Crippen LogP contribution in [0.3, 0.4) is 0 Å². The number of hydrogen-bond donors (Lipinski definition) is 0. The van der Waals surface area contributed by atoms with E-state index >= 15 is 0 Å². The van der Waals surface area contributed by atoms with E-state index in [9.17, 15) is 0 Å². The van der Waals surface area contributed by atoms with Crippen LogP contribution in [0.2, 0.25) is 0 Å². The lowest BCUT2D eigenvalue weighted by Crippen LogP contribution is -2.33. The number of rotatable bonds is 4. The normalized spacial score (nSPS) is 20.1. The SMILES string of the molecule is COc1ccc(C2=NN3[C@H](C2)c2ccccc2O[C@H]3c2cccs2)cc1OC. The molecular weight excluding hydrogens is 372 g/mol. The van der Waals surface area contributed by atoms with E-state index < -0.39 is 0 Å². The van der Waals surface area contributed by atoms with Gasteiger partial charge in [-0.3, -0.25) is 0 Å². The Labute approximate surface area is 167 Å². The van der Waals surface area contributed by atoms with Crippen molar-refractivity contribution in [2.75, 3.05) is 14.2 Å². The fourth-order valence-electron chi connectivity index (χ4n) is 3.84. The van der Waals surface area contributed by atoms with Crippen LogP contribution in [0.15, 0.2) is 65.1 Å². The van der Waals surface area contributed by atoms with Gasteiger partial charge < -0.3 is 14.2 Å². The van der Waals surface area contributed by atoms with Gasteiger partial charge in [0, 0.05) is 17.5 Å². The average molecular weight is 392 g/mol. The van der Waals surface area contributed by atoms with Crippen LogP contribution in [0.4, 0.5) is 0 Å². The van der Waals surface area contributed by atoms with Gasteiger partial charge in [-0.25, -0.2) is 5.01 Å². The fourth-order valence-corrected chi connectivity index (χ4v) is 4.59. The van der Waals surface area contributed by atoms with E-state index in [1.165, 1.54) is 5.56 Å². The molecule has 0 N–H and O–H groups in total. The van der Waals surface area contributed by atoms with Crippen LogP contribution in [0.25, 0.3) is 0 Å². The molecule has 2 aliphatic heterocycles. The summed E-state index contributed by atoms with van der Waals surface area (Å²) in [5.41, 5.74) is 3.23. The van der Waals surface area contributed by atoms with Crippen molar-refractivity contribution < 1.29 is 14.2 Å². The van der Waals surface area contributed by atoms with E-state index in [-0.39, 0.29) is 12.3 Å². The third kappa shape index (κ3) is 2.72. The molecule has 0 saturated heterocycles. The smallest absolute Gasteiger partial charge is 0.222 e. The second-order valence-electron chi connectivity index (χ2n) is 6.74. The third-order valence-electron chi connectivity index (χ3n) is 5.20. The summed E-state index contributed by atoms with van der Waals surface area (Å²) in [6, 6.07) is 18.5. The monoisotopic (exact) mass is 392 g/mol. The minimum atomic E-state index is -0.211. The standard InChI is InChI=1S/C22H20N2O3S/c1-25-19-10-9-14(12-20(19)26-2)16-13-17-15-6-3-4-7-18(15)27-22(24(17)23-16)21-8-5-11-28-21/h3-12,17,22H,13H2,1-2H3/t17-,22+/m1/s1. The maximum Gasteiger partial charge on any atom is 0.222 e. The molecule has 5 rings (SSSR count). The largest absolute Gasteiger partial charge is 0.493 e. The van der Waals surface area contributed by atoms with Gasteiger partial charge in [0.15, 0.2) is 11.5 Å². The van der Waals surface area contributed by atoms with Crippen LogP contribution >= 0.6 is 11.3 Å². The summed E-state index contributed by atoms with van der Waals surface area (Å²) in [5.74, 6) is 2.36. The number of nitrogens with zero attached hydrogens (tertiary/aromatic N) is 2. The molecule has 0 bridgehead atoms. The summed E-state index contributed by atoms with van der Waals surface area (Å²) >= 11 is 1.69. The molecule has 3 aromatic rings. The van der Waals surface area contributed by atoms with Crippen molar-refractivity contribution in [1.29, 1.82) is 0 Å². The van der Waals surface area contributed by atoms with Gasteiger partial charge in [0.2, 0.25) is 6.23 Å². The topological polar surface area (TPSA) is 43.3 Å². The van der Waals surface area contributed by atoms with Crippen LogP contribution in [0.5, 0.6) is 17.2 Å². The van der Waals surface area contributed by atoms with Crippen molar-refractivity contribution in [2.45, 2.75) is 18.7 Å². The highest BCUT2D eigenvalue weighted by Crippen LogP contribution is 2.48. The molecule has 142 valence electrons. The molecule has 0 saturated carbocycles. The molecule has 2 aliphatic rings. The number of fused-ring (bicyclic) bond motifs is 3. The minimum absolute atomic E-state index is 0.153. The third-order valence-corrected chi connectivity index (χ3v) is 6.11. The fraction of sp³-hybridized carbons (Fsp3) is 0.227. The molecule has 1 aromatic heterocycles. The van der Waals surface area contributed by atoms with E-state index in [1.807, 2.05) is 36.4 Å². The Balaban J connectivity index is 1.56. The molecule has 0 aliphatic carbocycles. The van der Waals surface area contributed by atoms with Gasteiger partial charge in [0.25, 0.3) is 0 Å². The van der Waals surface area contributed by atoms with Gasteiger partial charge in [-0.2, -0.15) is 5.10 Å². The summed E-state index contributed by atoms with van der Waals surface area (Å²) in [7, 11) is 3.29. The van der Waals surface area contributed by atoms with Gasteiger partial charge >= 0.3 is 0 Å². The number of thiophene rings is 1. The summed E-state index contributed by atoms with van der Waals surface area (Å²) < 4.78 is 17.2. The highest BCUT2D eigenvalue weighted by atomic mass is 32.1. The number of hydrazone groups is 1. The number of hydrogen-bond acceptors (Lipinski definition) is 6. The molecule has 0 radical (unpaired) electrons. The van der Waals surface area contributed by atoms with E-state index in [0.29, 0.717) is 11.5 Å². The predicted molar refractivity (Wildman–Crippen MR) is 109 cm³/mol. The van der Waals surface area contributed by atoms with Crippen LogP contribution in [-0.2, 0) is 0 Å². The van der Waals surface area contributed by atoms with Crippen molar-refractivity contribution in [3.63, 3.8) is 0 Å². The number of para-hydroxylation sites is 1. The molecule has 2 atom stereocenters. The zero-order chi connectivity index (χ0) is 19.1. The second-order valence-corrected chi connectivity index (χ2v) is 7.72. The summed E-state index contributed by atoms with van der Waals surface area (Å²) in [4.78, 5) is 1.15. The maximum atomic E-state index is 6.34. The van der Waals surface area contributed by atoms with Crippen molar-refractivity contribution in [2.24, 2.45) is 5.10 Å². The zero-order valence-corrected chi connectivity index (χ0v) is 16.5. The summed E-state index contributed by atoms with van der Waals surface area (Å²) in [6.45, 7) is 0. The van der Waals surface area contributed by atoms with Crippen LogP contribution in [-0.4, -0.2) is 24.9 Å². The minimum Gasteiger partial charge on any atom is -0.493 e. The molecule has 6 heteroatoms. The highest BCUT2D eigenvalue weighted by Gasteiger charge is 2.41. The quantitative estimate of drug-likeness (QED) is 0.626. The lowest BCUT2D eigenvalue weighted by molar-refractivity contribution is -0.0165. The first kappa shape index (κ1) is 17.1. The Morgan fingerprint density at radius 1 is 1.04 bits per heavy atom. The average Bonchev–Trinajstić information content (AvgIpc) is 3.43.